The van der Waals surface area contributed by atoms with Gasteiger partial charge in [0, 0.05) is 0 Å². The second-order valence-electron chi connectivity index (χ2n) is 8.32. The molecule has 10 heteroatoms. The van der Waals surface area contributed by atoms with E-state index in [-0.39, 0.29) is 16.7 Å². The van der Waals surface area contributed by atoms with Gasteiger partial charge in [-0.2, -0.15) is 0 Å². The first-order valence-electron chi connectivity index (χ1n) is 11.7. The van der Waals surface area contributed by atoms with E-state index in [0.29, 0.717) is 5.75 Å². The lowest BCUT2D eigenvalue weighted by Gasteiger charge is -2.42. The number of hydrogen-bond donors (Lipinski definition) is 2. The SMILES string of the molecule is COc1ccc(C(=O)O[C@H]2[C@H](OC(=O)c3ccccc3)[C@@H](OC(=O)c3ccccc3)[C@H](O)O[C@@H]2CO)cc1. The van der Waals surface area contributed by atoms with Crippen LogP contribution in [0.3, 0.4) is 0 Å². The van der Waals surface area contributed by atoms with Crippen LogP contribution < -0.4 is 4.74 Å². The summed E-state index contributed by atoms with van der Waals surface area (Å²) >= 11 is 0. The van der Waals surface area contributed by atoms with E-state index < -0.39 is 55.2 Å². The lowest BCUT2D eigenvalue weighted by atomic mass is 9.98. The van der Waals surface area contributed by atoms with Gasteiger partial charge in [0.25, 0.3) is 0 Å². The topological polar surface area (TPSA) is 138 Å². The summed E-state index contributed by atoms with van der Waals surface area (Å²) in [6, 6.07) is 22.0. The summed E-state index contributed by atoms with van der Waals surface area (Å²) in [7, 11) is 1.48. The summed E-state index contributed by atoms with van der Waals surface area (Å²) in [6.07, 6.45) is -7.67. The Bertz CT molecular complexity index is 1230. The van der Waals surface area contributed by atoms with Crippen molar-refractivity contribution in [2.45, 2.75) is 30.7 Å². The van der Waals surface area contributed by atoms with Crippen LogP contribution in [0.1, 0.15) is 31.1 Å². The van der Waals surface area contributed by atoms with Crippen molar-refractivity contribution in [1.29, 1.82) is 0 Å². The van der Waals surface area contributed by atoms with Gasteiger partial charge in [0.15, 0.2) is 24.6 Å². The quantitative estimate of drug-likeness (QED) is 0.335. The van der Waals surface area contributed by atoms with Gasteiger partial charge >= 0.3 is 17.9 Å². The summed E-state index contributed by atoms with van der Waals surface area (Å²) < 4.78 is 27.3. The molecular formula is C28H26O10. The van der Waals surface area contributed by atoms with Crippen molar-refractivity contribution in [3.8, 4) is 5.75 Å². The highest BCUT2D eigenvalue weighted by Crippen LogP contribution is 2.29. The number of benzene rings is 3. The standard InChI is InChI=1S/C28H26O10/c1-34-20-14-12-19(13-15-20)27(32)36-22-21(16-29)35-28(33)24(38-26(31)18-10-6-3-7-11-18)23(22)37-25(30)17-8-4-2-5-9-17/h2-15,21-24,28-29,33H,16H2,1H3/t21-,22-,23+,24-,28-/m1/s1. The first kappa shape index (κ1) is 26.8. The van der Waals surface area contributed by atoms with E-state index in [1.807, 2.05) is 0 Å². The van der Waals surface area contributed by atoms with E-state index in [4.69, 9.17) is 23.7 Å². The molecule has 1 saturated heterocycles. The van der Waals surface area contributed by atoms with Crippen LogP contribution in [0.2, 0.25) is 0 Å². The zero-order valence-electron chi connectivity index (χ0n) is 20.3. The van der Waals surface area contributed by atoms with Gasteiger partial charge < -0.3 is 33.9 Å². The van der Waals surface area contributed by atoms with E-state index in [2.05, 4.69) is 0 Å². The number of esters is 3. The Morgan fingerprint density at radius 3 is 1.61 bits per heavy atom. The van der Waals surface area contributed by atoms with E-state index in [0.717, 1.165) is 0 Å². The molecule has 0 amide bonds. The van der Waals surface area contributed by atoms with Crippen LogP contribution in [0.5, 0.6) is 5.75 Å². The molecule has 2 N–H and O–H groups in total. The van der Waals surface area contributed by atoms with Crippen molar-refractivity contribution < 1.29 is 48.3 Å². The molecule has 0 spiro atoms. The molecule has 0 saturated carbocycles. The maximum atomic E-state index is 13.0. The summed E-state index contributed by atoms with van der Waals surface area (Å²) in [6.45, 7) is -0.698. The molecule has 1 fully saturated rings. The molecule has 3 aromatic rings. The van der Waals surface area contributed by atoms with Crippen molar-refractivity contribution in [2.24, 2.45) is 0 Å². The summed E-state index contributed by atoms with van der Waals surface area (Å²) in [4.78, 5) is 38.8. The van der Waals surface area contributed by atoms with Gasteiger partial charge in [0.05, 0.1) is 30.4 Å². The minimum Gasteiger partial charge on any atom is -0.497 e. The maximum absolute atomic E-state index is 13.0. The van der Waals surface area contributed by atoms with Crippen molar-refractivity contribution in [1.82, 2.24) is 0 Å². The molecule has 4 rings (SSSR count). The molecule has 198 valence electrons. The first-order valence-corrected chi connectivity index (χ1v) is 11.7. The minimum absolute atomic E-state index is 0.138. The molecule has 0 radical (unpaired) electrons. The predicted octanol–water partition coefficient (Wildman–Crippen LogP) is 2.38. The summed E-state index contributed by atoms with van der Waals surface area (Å²) in [5.41, 5.74) is 0.478. The smallest absolute Gasteiger partial charge is 0.338 e. The Hall–Kier alpha value is -4.25. The molecule has 1 heterocycles. The molecule has 3 aromatic carbocycles. The van der Waals surface area contributed by atoms with Crippen LogP contribution in [-0.4, -0.2) is 72.5 Å². The van der Waals surface area contributed by atoms with Crippen LogP contribution in [0.4, 0.5) is 0 Å². The van der Waals surface area contributed by atoms with Crippen LogP contribution in [0, 0.1) is 0 Å². The fourth-order valence-corrected chi connectivity index (χ4v) is 3.89. The van der Waals surface area contributed by atoms with Gasteiger partial charge in [-0.3, -0.25) is 0 Å². The highest BCUT2D eigenvalue weighted by atomic mass is 16.7. The zero-order valence-corrected chi connectivity index (χ0v) is 20.3. The lowest BCUT2D eigenvalue weighted by molar-refractivity contribution is -0.284. The predicted molar refractivity (Wildman–Crippen MR) is 131 cm³/mol. The van der Waals surface area contributed by atoms with E-state index in [9.17, 15) is 24.6 Å². The third-order valence-electron chi connectivity index (χ3n) is 5.86. The number of aliphatic hydroxyl groups excluding tert-OH is 2. The molecule has 5 atom stereocenters. The van der Waals surface area contributed by atoms with Crippen molar-refractivity contribution >= 4 is 17.9 Å². The third-order valence-corrected chi connectivity index (χ3v) is 5.86. The number of hydrogen-bond acceptors (Lipinski definition) is 10. The van der Waals surface area contributed by atoms with Crippen LogP contribution in [0.25, 0.3) is 0 Å². The molecule has 0 aliphatic carbocycles. The number of aliphatic hydroxyl groups is 2. The molecule has 10 nitrogen and oxygen atoms in total. The largest absolute Gasteiger partial charge is 0.497 e. The molecule has 38 heavy (non-hydrogen) atoms. The molecule has 1 aliphatic heterocycles. The third kappa shape index (κ3) is 6.17. The Balaban J connectivity index is 1.65. The van der Waals surface area contributed by atoms with Crippen LogP contribution >= 0.6 is 0 Å². The molecule has 1 aliphatic rings. The first-order chi connectivity index (χ1) is 18.4. The average molecular weight is 523 g/mol. The Morgan fingerprint density at radius 1 is 0.684 bits per heavy atom. The molecule has 0 unspecified atom stereocenters. The van der Waals surface area contributed by atoms with E-state index in [1.54, 1.807) is 48.5 Å². The lowest BCUT2D eigenvalue weighted by Crippen LogP contribution is -2.62. The molecule has 0 aromatic heterocycles. The van der Waals surface area contributed by atoms with Gasteiger partial charge in [0.1, 0.15) is 11.9 Å². The second kappa shape index (κ2) is 12.3. The highest BCUT2D eigenvalue weighted by Gasteiger charge is 2.52. The van der Waals surface area contributed by atoms with Crippen molar-refractivity contribution in [2.75, 3.05) is 13.7 Å². The average Bonchev–Trinajstić information content (AvgIpc) is 2.96. The number of rotatable bonds is 8. The Morgan fingerprint density at radius 2 is 1.13 bits per heavy atom. The summed E-state index contributed by atoms with van der Waals surface area (Å²) in [5, 5.41) is 20.6. The second-order valence-corrected chi connectivity index (χ2v) is 8.32. The van der Waals surface area contributed by atoms with Gasteiger partial charge in [-0.05, 0) is 48.5 Å². The zero-order chi connectivity index (χ0) is 27.1. The fraction of sp³-hybridized carbons (Fsp3) is 0.250. The molecular weight excluding hydrogens is 496 g/mol. The van der Waals surface area contributed by atoms with Gasteiger partial charge in [0.2, 0.25) is 0 Å². The highest BCUT2D eigenvalue weighted by molar-refractivity contribution is 5.91. The van der Waals surface area contributed by atoms with Crippen molar-refractivity contribution in [3.63, 3.8) is 0 Å². The van der Waals surface area contributed by atoms with Crippen LogP contribution in [-0.2, 0) is 18.9 Å². The number of carbonyl (C=O) groups is 3. The molecule has 0 bridgehead atoms. The van der Waals surface area contributed by atoms with Crippen molar-refractivity contribution in [3.05, 3.63) is 102 Å². The van der Waals surface area contributed by atoms with E-state index >= 15 is 0 Å². The van der Waals surface area contributed by atoms with Gasteiger partial charge in [-0.1, -0.05) is 36.4 Å². The number of ether oxygens (including phenoxy) is 5. The summed E-state index contributed by atoms with van der Waals surface area (Å²) in [5.74, 6) is -1.97. The van der Waals surface area contributed by atoms with Gasteiger partial charge in [-0.25, -0.2) is 14.4 Å². The maximum Gasteiger partial charge on any atom is 0.338 e. The van der Waals surface area contributed by atoms with E-state index in [1.165, 1.54) is 43.5 Å². The Kier molecular flexibility index (Phi) is 8.70. The number of methoxy groups -OCH3 is 1. The minimum atomic E-state index is -1.80. The fourth-order valence-electron chi connectivity index (χ4n) is 3.89. The number of carbonyl (C=O) groups excluding carboxylic acids is 3. The normalized spacial score (nSPS) is 22.7. The van der Waals surface area contributed by atoms with Gasteiger partial charge in [-0.15, -0.1) is 0 Å². The Labute approximate surface area is 218 Å². The monoisotopic (exact) mass is 522 g/mol. The van der Waals surface area contributed by atoms with Crippen LogP contribution in [0.15, 0.2) is 84.9 Å².